The highest BCUT2D eigenvalue weighted by Crippen LogP contribution is 2.44. The number of aromatic nitrogens is 1. The van der Waals surface area contributed by atoms with E-state index < -0.39 is 23.8 Å². The third-order valence-corrected chi connectivity index (χ3v) is 6.55. The minimum Gasteiger partial charge on any atom is -0.366 e. The summed E-state index contributed by atoms with van der Waals surface area (Å²) in [6.07, 6.45) is -3.72. The second-order valence-electron chi connectivity index (χ2n) is 8.33. The highest BCUT2D eigenvalue weighted by Gasteiger charge is 2.42. The molecule has 1 aliphatic heterocycles. The predicted molar refractivity (Wildman–Crippen MR) is 109 cm³/mol. The molecule has 3 aromatic rings. The van der Waals surface area contributed by atoms with Gasteiger partial charge in [0, 0.05) is 23.2 Å². The van der Waals surface area contributed by atoms with Crippen molar-refractivity contribution < 1.29 is 22.4 Å². The zero-order valence-electron chi connectivity index (χ0n) is 16.6. The van der Waals surface area contributed by atoms with Gasteiger partial charge in [-0.1, -0.05) is 18.2 Å². The third kappa shape index (κ3) is 3.20. The maximum atomic E-state index is 15.5. The number of nitrogens with one attached hydrogen (secondary N) is 2. The van der Waals surface area contributed by atoms with E-state index in [-0.39, 0.29) is 24.8 Å². The second-order valence-corrected chi connectivity index (χ2v) is 8.33. The van der Waals surface area contributed by atoms with Crippen molar-refractivity contribution in [1.82, 2.24) is 10.3 Å². The van der Waals surface area contributed by atoms with Crippen LogP contribution in [0.1, 0.15) is 39.2 Å². The van der Waals surface area contributed by atoms with E-state index in [0.29, 0.717) is 40.7 Å². The molecule has 162 valence electrons. The number of H-pyrrole nitrogens is 1. The Morgan fingerprint density at radius 2 is 1.97 bits per heavy atom. The molecule has 1 unspecified atom stereocenters. The number of rotatable bonds is 2. The smallest absolute Gasteiger partial charge is 0.366 e. The first kappa shape index (κ1) is 20.1. The molecule has 0 fully saturated rings. The van der Waals surface area contributed by atoms with Crippen molar-refractivity contribution in [3.63, 3.8) is 0 Å². The van der Waals surface area contributed by atoms with Crippen LogP contribution in [0.15, 0.2) is 24.3 Å². The fraction of sp³-hybridized carbons (Fsp3) is 0.348. The van der Waals surface area contributed by atoms with Crippen LogP contribution in [0.5, 0.6) is 0 Å². The second kappa shape index (κ2) is 7.09. The molecule has 2 aromatic carbocycles. The van der Waals surface area contributed by atoms with Crippen LogP contribution in [0.4, 0.5) is 17.6 Å². The summed E-state index contributed by atoms with van der Waals surface area (Å²) in [5.41, 5.74) is 9.97. The number of primary amides is 1. The number of aryl methyl sites for hydroxylation is 1. The number of hydrogen-bond acceptors (Lipinski definition) is 2. The molecular weight excluding hydrogens is 410 g/mol. The summed E-state index contributed by atoms with van der Waals surface area (Å²) in [6.45, 7) is 1.43. The van der Waals surface area contributed by atoms with Crippen LogP contribution in [0.2, 0.25) is 0 Å². The Balaban J connectivity index is 1.80. The molecule has 1 aromatic heterocycles. The number of benzene rings is 2. The zero-order chi connectivity index (χ0) is 21.9. The third-order valence-electron chi connectivity index (χ3n) is 6.55. The molecule has 1 aliphatic carbocycles. The standard InChI is InChI=1S/C23H21F4N3O/c24-17-9-16(22(28)31)21-20(15-5-4-12(23(25,26)27)8-18(15)30-21)19(17)14-3-1-2-11-10-29-7-6-13(11)14/h1-3,9,12,29-30H,4-8,10H2,(H2,28,31). The summed E-state index contributed by atoms with van der Waals surface area (Å²) >= 11 is 0. The van der Waals surface area contributed by atoms with Crippen molar-refractivity contribution in [2.75, 3.05) is 6.54 Å². The molecule has 0 bridgehead atoms. The largest absolute Gasteiger partial charge is 0.392 e. The van der Waals surface area contributed by atoms with Crippen LogP contribution >= 0.6 is 0 Å². The summed E-state index contributed by atoms with van der Waals surface area (Å²) in [5.74, 6) is -2.87. The van der Waals surface area contributed by atoms with Crippen molar-refractivity contribution >= 4 is 16.8 Å². The van der Waals surface area contributed by atoms with Crippen molar-refractivity contribution in [3.8, 4) is 11.1 Å². The van der Waals surface area contributed by atoms with E-state index in [2.05, 4.69) is 10.3 Å². The quantitative estimate of drug-likeness (QED) is 0.527. The molecule has 0 radical (unpaired) electrons. The molecule has 5 rings (SSSR count). The van der Waals surface area contributed by atoms with Crippen molar-refractivity contribution in [3.05, 3.63) is 58.0 Å². The number of halogens is 4. The van der Waals surface area contributed by atoms with Gasteiger partial charge < -0.3 is 16.0 Å². The fourth-order valence-corrected chi connectivity index (χ4v) is 5.08. The molecule has 8 heteroatoms. The van der Waals surface area contributed by atoms with Gasteiger partial charge in [0.25, 0.3) is 5.91 Å². The Morgan fingerprint density at radius 1 is 1.16 bits per heavy atom. The first-order valence-corrected chi connectivity index (χ1v) is 10.3. The Morgan fingerprint density at radius 3 is 2.71 bits per heavy atom. The lowest BCUT2D eigenvalue weighted by Gasteiger charge is -2.25. The SMILES string of the molecule is NC(=O)c1cc(F)c(-c2cccc3c2CCNC3)c2c3c([nH]c12)CC(C(F)(F)F)CC3. The molecule has 31 heavy (non-hydrogen) atoms. The number of fused-ring (bicyclic) bond motifs is 4. The molecule has 4 nitrogen and oxygen atoms in total. The van der Waals surface area contributed by atoms with Gasteiger partial charge in [-0.15, -0.1) is 0 Å². The number of aromatic amines is 1. The van der Waals surface area contributed by atoms with E-state index in [0.717, 1.165) is 29.3 Å². The molecule has 1 atom stereocenters. The zero-order valence-corrected chi connectivity index (χ0v) is 16.6. The van der Waals surface area contributed by atoms with Crippen LogP contribution in [0, 0.1) is 11.7 Å². The number of nitrogens with two attached hydrogens (primary N) is 1. The van der Waals surface area contributed by atoms with Gasteiger partial charge in [0.1, 0.15) is 5.82 Å². The van der Waals surface area contributed by atoms with Crippen LogP contribution in [-0.4, -0.2) is 23.6 Å². The molecule has 1 amide bonds. The number of amides is 1. The number of hydrogen-bond donors (Lipinski definition) is 3. The number of carbonyl (C=O) groups excluding carboxylic acids is 1. The van der Waals surface area contributed by atoms with Crippen molar-refractivity contribution in [1.29, 1.82) is 0 Å². The van der Waals surface area contributed by atoms with Gasteiger partial charge in [-0.25, -0.2) is 4.39 Å². The van der Waals surface area contributed by atoms with E-state index in [9.17, 15) is 18.0 Å². The molecule has 2 aliphatic rings. The van der Waals surface area contributed by atoms with Crippen molar-refractivity contribution in [2.45, 2.75) is 38.4 Å². The van der Waals surface area contributed by atoms with Crippen LogP contribution < -0.4 is 11.1 Å². The average molecular weight is 431 g/mol. The van der Waals surface area contributed by atoms with E-state index >= 15 is 4.39 Å². The molecule has 2 heterocycles. The fourth-order valence-electron chi connectivity index (χ4n) is 5.08. The van der Waals surface area contributed by atoms with Gasteiger partial charge in [0.15, 0.2) is 0 Å². The molecule has 0 saturated carbocycles. The van der Waals surface area contributed by atoms with Crippen LogP contribution in [0.25, 0.3) is 22.0 Å². The molecular formula is C23H21F4N3O. The molecule has 4 N–H and O–H groups in total. The Bertz CT molecular complexity index is 1210. The van der Waals surface area contributed by atoms with Crippen molar-refractivity contribution in [2.24, 2.45) is 11.7 Å². The highest BCUT2D eigenvalue weighted by molar-refractivity contribution is 6.11. The minimum absolute atomic E-state index is 0.0410. The summed E-state index contributed by atoms with van der Waals surface area (Å²) in [4.78, 5) is 15.0. The number of alkyl halides is 3. The van der Waals surface area contributed by atoms with E-state index in [1.807, 2.05) is 18.2 Å². The van der Waals surface area contributed by atoms with E-state index in [1.54, 1.807) is 0 Å². The summed E-state index contributed by atoms with van der Waals surface area (Å²) in [6, 6.07) is 6.78. The van der Waals surface area contributed by atoms with Gasteiger partial charge >= 0.3 is 6.18 Å². The summed E-state index contributed by atoms with van der Waals surface area (Å²) in [7, 11) is 0. The van der Waals surface area contributed by atoms with E-state index in [1.165, 1.54) is 0 Å². The lowest BCUT2D eigenvalue weighted by molar-refractivity contribution is -0.177. The highest BCUT2D eigenvalue weighted by atomic mass is 19.4. The van der Waals surface area contributed by atoms with Gasteiger partial charge in [0.2, 0.25) is 0 Å². The first-order valence-electron chi connectivity index (χ1n) is 10.3. The maximum absolute atomic E-state index is 15.5. The first-order chi connectivity index (χ1) is 14.8. The van der Waals surface area contributed by atoms with E-state index in [4.69, 9.17) is 5.73 Å². The summed E-state index contributed by atoms with van der Waals surface area (Å²) < 4.78 is 55.5. The molecule has 0 spiro atoms. The van der Waals surface area contributed by atoms with Gasteiger partial charge in [-0.2, -0.15) is 13.2 Å². The Labute approximate surface area is 175 Å². The van der Waals surface area contributed by atoms with Crippen LogP contribution in [-0.2, 0) is 25.8 Å². The van der Waals surface area contributed by atoms with Crippen LogP contribution in [0.3, 0.4) is 0 Å². The van der Waals surface area contributed by atoms with Gasteiger partial charge in [-0.05, 0) is 60.5 Å². The normalized spacial score (nSPS) is 18.6. The Hall–Kier alpha value is -2.87. The monoisotopic (exact) mass is 431 g/mol. The lowest BCUT2D eigenvalue weighted by atomic mass is 9.83. The van der Waals surface area contributed by atoms with Gasteiger partial charge in [-0.3, -0.25) is 4.79 Å². The maximum Gasteiger partial charge on any atom is 0.392 e. The number of carbonyl (C=O) groups is 1. The minimum atomic E-state index is -4.30. The predicted octanol–water partition coefficient (Wildman–Crippen LogP) is 4.39. The lowest BCUT2D eigenvalue weighted by Crippen LogP contribution is -2.28. The van der Waals surface area contributed by atoms with Gasteiger partial charge in [0.05, 0.1) is 17.0 Å². The Kier molecular flexibility index (Phi) is 4.58. The topological polar surface area (TPSA) is 70.9 Å². The summed E-state index contributed by atoms with van der Waals surface area (Å²) in [5, 5.41) is 3.77. The average Bonchev–Trinajstić information content (AvgIpc) is 3.11. The molecule has 0 saturated heterocycles.